The summed E-state index contributed by atoms with van der Waals surface area (Å²) in [5.41, 5.74) is 2.22. The standard InChI is InChI=1S/C13H22N2OS/c1-9(2)8-16-7-6-14-10(3)13-11(4)17-12(5)15-13/h10,14H,1,6-8H2,2-5H3. The van der Waals surface area contributed by atoms with E-state index in [0.717, 1.165) is 22.8 Å². The Morgan fingerprint density at radius 3 is 2.76 bits per heavy atom. The molecule has 1 aromatic heterocycles. The van der Waals surface area contributed by atoms with Gasteiger partial charge in [-0.05, 0) is 27.7 Å². The number of ether oxygens (including phenoxy) is 1. The molecule has 1 aromatic rings. The molecule has 0 fully saturated rings. The maximum Gasteiger partial charge on any atom is 0.0900 e. The lowest BCUT2D eigenvalue weighted by atomic mass is 10.2. The van der Waals surface area contributed by atoms with Crippen LogP contribution in [-0.4, -0.2) is 24.7 Å². The highest BCUT2D eigenvalue weighted by atomic mass is 32.1. The Hall–Kier alpha value is -0.710. The number of nitrogens with one attached hydrogen (secondary N) is 1. The van der Waals surface area contributed by atoms with Gasteiger partial charge in [-0.1, -0.05) is 12.2 Å². The molecule has 1 N–H and O–H groups in total. The molecule has 0 aliphatic rings. The number of hydrogen-bond acceptors (Lipinski definition) is 4. The molecule has 3 nitrogen and oxygen atoms in total. The molecule has 0 saturated carbocycles. The van der Waals surface area contributed by atoms with Gasteiger partial charge in [0.25, 0.3) is 0 Å². The summed E-state index contributed by atoms with van der Waals surface area (Å²) in [5.74, 6) is 0. The lowest BCUT2D eigenvalue weighted by molar-refractivity contribution is 0.155. The van der Waals surface area contributed by atoms with Crippen LogP contribution in [0.2, 0.25) is 0 Å². The number of rotatable bonds is 7. The van der Waals surface area contributed by atoms with E-state index >= 15 is 0 Å². The minimum absolute atomic E-state index is 0.286. The lowest BCUT2D eigenvalue weighted by Gasteiger charge is -2.12. The third-order valence-electron chi connectivity index (χ3n) is 2.39. The summed E-state index contributed by atoms with van der Waals surface area (Å²) in [6, 6.07) is 0.286. The number of nitrogens with zero attached hydrogens (tertiary/aromatic N) is 1. The molecule has 0 aliphatic carbocycles. The molecule has 1 heterocycles. The molecule has 0 saturated heterocycles. The summed E-state index contributed by atoms with van der Waals surface area (Å²) < 4.78 is 5.44. The van der Waals surface area contributed by atoms with Crippen LogP contribution in [-0.2, 0) is 4.74 Å². The zero-order valence-corrected chi connectivity index (χ0v) is 12.0. The zero-order chi connectivity index (χ0) is 12.8. The normalized spacial score (nSPS) is 12.7. The van der Waals surface area contributed by atoms with Crippen molar-refractivity contribution in [2.45, 2.75) is 33.7 Å². The highest BCUT2D eigenvalue weighted by Gasteiger charge is 2.11. The molecule has 0 aliphatic heterocycles. The molecule has 0 radical (unpaired) electrons. The molecular formula is C13H22N2OS. The SMILES string of the molecule is C=C(C)COCCNC(C)c1nc(C)sc1C. The van der Waals surface area contributed by atoms with Crippen molar-refractivity contribution in [2.75, 3.05) is 19.8 Å². The summed E-state index contributed by atoms with van der Waals surface area (Å²) in [4.78, 5) is 5.83. The fourth-order valence-electron chi connectivity index (χ4n) is 1.64. The second kappa shape index (κ2) is 6.89. The van der Waals surface area contributed by atoms with Crippen LogP contribution in [0.15, 0.2) is 12.2 Å². The van der Waals surface area contributed by atoms with E-state index in [-0.39, 0.29) is 6.04 Å². The van der Waals surface area contributed by atoms with E-state index in [1.54, 1.807) is 11.3 Å². The predicted molar refractivity (Wildman–Crippen MR) is 73.6 cm³/mol. The van der Waals surface area contributed by atoms with Crippen LogP contribution in [0.4, 0.5) is 0 Å². The second-order valence-corrected chi connectivity index (χ2v) is 5.77. The van der Waals surface area contributed by atoms with Gasteiger partial charge in [-0.25, -0.2) is 4.98 Å². The van der Waals surface area contributed by atoms with Gasteiger partial charge >= 0.3 is 0 Å². The van der Waals surface area contributed by atoms with E-state index in [9.17, 15) is 0 Å². The van der Waals surface area contributed by atoms with Crippen LogP contribution in [0, 0.1) is 13.8 Å². The molecule has 0 aromatic carbocycles. The highest BCUT2D eigenvalue weighted by molar-refractivity contribution is 7.11. The fourth-order valence-corrected chi connectivity index (χ4v) is 2.55. The highest BCUT2D eigenvalue weighted by Crippen LogP contribution is 2.22. The smallest absolute Gasteiger partial charge is 0.0900 e. The van der Waals surface area contributed by atoms with Gasteiger partial charge in [-0.3, -0.25) is 0 Å². The van der Waals surface area contributed by atoms with Crippen LogP contribution >= 0.6 is 11.3 Å². The van der Waals surface area contributed by atoms with Crippen LogP contribution in [0.1, 0.15) is 35.5 Å². The Balaban J connectivity index is 2.28. The fraction of sp³-hybridized carbons (Fsp3) is 0.615. The Morgan fingerprint density at radius 2 is 2.24 bits per heavy atom. The molecule has 1 unspecified atom stereocenters. The zero-order valence-electron chi connectivity index (χ0n) is 11.2. The third kappa shape index (κ3) is 4.98. The van der Waals surface area contributed by atoms with Gasteiger partial charge in [0.15, 0.2) is 0 Å². The first-order valence-electron chi connectivity index (χ1n) is 5.90. The van der Waals surface area contributed by atoms with Gasteiger partial charge in [0.2, 0.25) is 0 Å². The summed E-state index contributed by atoms with van der Waals surface area (Å²) in [5, 5.41) is 4.55. The third-order valence-corrected chi connectivity index (χ3v) is 3.30. The van der Waals surface area contributed by atoms with E-state index in [0.29, 0.717) is 13.2 Å². The Kier molecular flexibility index (Phi) is 5.82. The summed E-state index contributed by atoms with van der Waals surface area (Å²) in [6.45, 7) is 14.3. The van der Waals surface area contributed by atoms with E-state index in [1.807, 2.05) is 13.8 Å². The first kappa shape index (κ1) is 14.4. The molecule has 0 bridgehead atoms. The predicted octanol–water partition coefficient (Wildman–Crippen LogP) is 3.00. The monoisotopic (exact) mass is 254 g/mol. The minimum Gasteiger partial charge on any atom is -0.376 e. The lowest BCUT2D eigenvalue weighted by Crippen LogP contribution is -2.24. The first-order valence-corrected chi connectivity index (χ1v) is 6.71. The van der Waals surface area contributed by atoms with Crippen LogP contribution in [0.25, 0.3) is 0 Å². The quantitative estimate of drug-likeness (QED) is 0.600. The molecular weight excluding hydrogens is 232 g/mol. The number of hydrogen-bond donors (Lipinski definition) is 1. The van der Waals surface area contributed by atoms with E-state index in [2.05, 4.69) is 30.7 Å². The molecule has 1 rings (SSSR count). The molecule has 17 heavy (non-hydrogen) atoms. The Morgan fingerprint density at radius 1 is 1.53 bits per heavy atom. The second-order valence-electron chi connectivity index (χ2n) is 4.36. The summed E-state index contributed by atoms with van der Waals surface area (Å²) >= 11 is 1.75. The molecule has 4 heteroatoms. The number of aryl methyl sites for hydroxylation is 2. The average molecular weight is 254 g/mol. The van der Waals surface area contributed by atoms with Gasteiger partial charge in [-0.15, -0.1) is 11.3 Å². The largest absolute Gasteiger partial charge is 0.376 e. The van der Waals surface area contributed by atoms with Gasteiger partial charge < -0.3 is 10.1 Å². The molecule has 0 amide bonds. The van der Waals surface area contributed by atoms with Crippen molar-refractivity contribution < 1.29 is 4.74 Å². The maximum atomic E-state index is 5.44. The van der Waals surface area contributed by atoms with Crippen LogP contribution in [0.3, 0.4) is 0 Å². The number of thiazole rings is 1. The summed E-state index contributed by atoms with van der Waals surface area (Å²) in [6.07, 6.45) is 0. The van der Waals surface area contributed by atoms with Crippen molar-refractivity contribution >= 4 is 11.3 Å². The van der Waals surface area contributed by atoms with Crippen molar-refractivity contribution in [3.8, 4) is 0 Å². The van der Waals surface area contributed by atoms with Crippen LogP contribution in [0.5, 0.6) is 0 Å². The topological polar surface area (TPSA) is 34.1 Å². The van der Waals surface area contributed by atoms with Crippen molar-refractivity contribution in [2.24, 2.45) is 0 Å². The number of aromatic nitrogens is 1. The minimum atomic E-state index is 0.286. The Labute approximate surface area is 108 Å². The van der Waals surface area contributed by atoms with E-state index < -0.39 is 0 Å². The molecule has 1 atom stereocenters. The van der Waals surface area contributed by atoms with Crippen molar-refractivity contribution in [3.63, 3.8) is 0 Å². The maximum absolute atomic E-state index is 5.44. The van der Waals surface area contributed by atoms with Crippen molar-refractivity contribution in [1.82, 2.24) is 10.3 Å². The van der Waals surface area contributed by atoms with Gasteiger partial charge in [-0.2, -0.15) is 0 Å². The van der Waals surface area contributed by atoms with Crippen molar-refractivity contribution in [1.29, 1.82) is 0 Å². The van der Waals surface area contributed by atoms with Crippen LogP contribution < -0.4 is 5.32 Å². The Bertz CT molecular complexity index is 373. The van der Waals surface area contributed by atoms with Crippen molar-refractivity contribution in [3.05, 3.63) is 27.7 Å². The van der Waals surface area contributed by atoms with E-state index in [4.69, 9.17) is 4.74 Å². The molecule has 96 valence electrons. The van der Waals surface area contributed by atoms with Gasteiger partial charge in [0.05, 0.1) is 23.9 Å². The van der Waals surface area contributed by atoms with Gasteiger partial charge in [0.1, 0.15) is 0 Å². The van der Waals surface area contributed by atoms with Gasteiger partial charge in [0, 0.05) is 17.5 Å². The summed E-state index contributed by atoms with van der Waals surface area (Å²) in [7, 11) is 0. The molecule has 0 spiro atoms. The average Bonchev–Trinajstić information content (AvgIpc) is 2.56. The first-order chi connectivity index (χ1) is 8.00. The van der Waals surface area contributed by atoms with E-state index in [1.165, 1.54) is 4.88 Å².